The van der Waals surface area contributed by atoms with Gasteiger partial charge in [0.25, 0.3) is 11.8 Å². The molecule has 1 fully saturated rings. The Hall–Kier alpha value is -3.47. The van der Waals surface area contributed by atoms with Gasteiger partial charge in [0.2, 0.25) is 11.3 Å². The van der Waals surface area contributed by atoms with Crippen molar-refractivity contribution in [3.63, 3.8) is 0 Å². The molecule has 1 aliphatic heterocycles. The largest absolute Gasteiger partial charge is 0.503 e. The summed E-state index contributed by atoms with van der Waals surface area (Å²) in [6, 6.07) is 2.87. The molecule has 2 aliphatic rings. The Morgan fingerprint density at radius 2 is 1.94 bits per heavy atom. The first-order valence-corrected chi connectivity index (χ1v) is 10.7. The van der Waals surface area contributed by atoms with E-state index >= 15 is 0 Å². The molecule has 1 spiro atoms. The van der Waals surface area contributed by atoms with Gasteiger partial charge in [0, 0.05) is 51.6 Å². The van der Waals surface area contributed by atoms with Crippen molar-refractivity contribution >= 4 is 30.1 Å². The summed E-state index contributed by atoms with van der Waals surface area (Å²) < 4.78 is 28.4. The zero-order chi connectivity index (χ0) is 24.9. The van der Waals surface area contributed by atoms with Crippen molar-refractivity contribution in [2.24, 2.45) is 5.92 Å². The lowest BCUT2D eigenvalue weighted by Crippen LogP contribution is -2.50. The van der Waals surface area contributed by atoms with Crippen LogP contribution in [0.4, 0.5) is 8.78 Å². The number of hydrogen-bond donors (Lipinski definition) is 2. The number of halogens is 3. The molecule has 2 aromatic rings. The molecule has 188 valence electrons. The smallest absolute Gasteiger partial charge is 0.274 e. The normalized spacial score (nSPS) is 20.2. The first-order valence-electron chi connectivity index (χ1n) is 10.7. The highest BCUT2D eigenvalue weighted by atomic mass is 35.5. The Labute approximate surface area is 205 Å². The van der Waals surface area contributed by atoms with Crippen LogP contribution in [0.25, 0.3) is 0 Å². The number of fused-ring (bicyclic) bond motifs is 2. The highest BCUT2D eigenvalue weighted by Crippen LogP contribution is 2.54. The van der Waals surface area contributed by atoms with Gasteiger partial charge < -0.3 is 24.8 Å². The van der Waals surface area contributed by atoms with E-state index in [1.54, 1.807) is 21.0 Å². The molecule has 2 N–H and O–H groups in total. The van der Waals surface area contributed by atoms with Crippen LogP contribution < -0.4 is 10.7 Å². The maximum Gasteiger partial charge on any atom is 0.274 e. The van der Waals surface area contributed by atoms with Crippen LogP contribution in [0.5, 0.6) is 5.75 Å². The van der Waals surface area contributed by atoms with Gasteiger partial charge in [0.15, 0.2) is 11.4 Å². The zero-order valence-corrected chi connectivity index (χ0v) is 20.1. The van der Waals surface area contributed by atoms with Crippen molar-refractivity contribution < 1.29 is 28.3 Å². The average molecular weight is 511 g/mol. The number of nitrogens with one attached hydrogen (secondary N) is 1. The molecule has 1 saturated carbocycles. The number of rotatable bonds is 5. The van der Waals surface area contributed by atoms with E-state index in [1.165, 1.54) is 20.6 Å². The van der Waals surface area contributed by atoms with Crippen molar-refractivity contribution in [2.45, 2.75) is 25.4 Å². The summed E-state index contributed by atoms with van der Waals surface area (Å²) >= 11 is 0. The Bertz CT molecular complexity index is 1280. The molecule has 1 aromatic heterocycles. The number of hydrogen-bond acceptors (Lipinski definition) is 5. The first-order chi connectivity index (χ1) is 16.0. The number of carbonyl (C=O) groups is 3. The van der Waals surface area contributed by atoms with Crippen LogP contribution in [-0.2, 0) is 16.9 Å². The minimum absolute atomic E-state index is 0. The molecule has 35 heavy (non-hydrogen) atoms. The van der Waals surface area contributed by atoms with E-state index in [4.69, 9.17) is 0 Å². The number of nitrogens with zero attached hydrogens (tertiary/aromatic N) is 3. The molecule has 3 amide bonds. The maximum atomic E-state index is 13.9. The van der Waals surface area contributed by atoms with Gasteiger partial charge in [0.05, 0.1) is 11.5 Å². The fourth-order valence-electron chi connectivity index (χ4n) is 4.50. The van der Waals surface area contributed by atoms with Crippen LogP contribution in [0, 0.1) is 17.6 Å². The van der Waals surface area contributed by atoms with Gasteiger partial charge in [-0.15, -0.1) is 12.4 Å². The molecule has 0 bridgehead atoms. The Morgan fingerprint density at radius 1 is 1.26 bits per heavy atom. The molecular formula is C23H25ClF2N4O5. The maximum absolute atomic E-state index is 13.9. The van der Waals surface area contributed by atoms with E-state index in [-0.39, 0.29) is 42.7 Å². The zero-order valence-electron chi connectivity index (χ0n) is 19.3. The van der Waals surface area contributed by atoms with Gasteiger partial charge >= 0.3 is 0 Å². The molecule has 2 heterocycles. The van der Waals surface area contributed by atoms with Gasteiger partial charge in [-0.05, 0) is 19.4 Å². The number of carbonyl (C=O) groups excluding carboxylic acids is 3. The van der Waals surface area contributed by atoms with Crippen molar-refractivity contribution in [3.8, 4) is 5.75 Å². The monoisotopic (exact) mass is 510 g/mol. The highest BCUT2D eigenvalue weighted by Gasteiger charge is 2.64. The predicted molar refractivity (Wildman–Crippen MR) is 123 cm³/mol. The number of likely N-dealkylation sites (N-methyl/N-ethyl adjacent to an activating group) is 1. The molecular weight excluding hydrogens is 486 g/mol. The number of benzene rings is 1. The second-order valence-electron chi connectivity index (χ2n) is 8.77. The van der Waals surface area contributed by atoms with Crippen LogP contribution in [0.3, 0.4) is 0 Å². The van der Waals surface area contributed by atoms with Gasteiger partial charge in [0.1, 0.15) is 17.2 Å². The first kappa shape index (κ1) is 26.1. The molecule has 12 heteroatoms. The molecule has 4 rings (SSSR count). The van der Waals surface area contributed by atoms with Gasteiger partial charge in [-0.1, -0.05) is 6.07 Å². The van der Waals surface area contributed by atoms with Crippen molar-refractivity contribution in [1.82, 2.24) is 19.7 Å². The summed E-state index contributed by atoms with van der Waals surface area (Å²) in [6.07, 6.45) is 1.55. The summed E-state index contributed by atoms with van der Waals surface area (Å²) in [5.41, 5.74) is -2.68. The van der Waals surface area contributed by atoms with Crippen molar-refractivity contribution in [2.75, 3.05) is 27.2 Å². The molecule has 1 aromatic carbocycles. The van der Waals surface area contributed by atoms with Crippen LogP contribution in [0.1, 0.15) is 39.8 Å². The van der Waals surface area contributed by atoms with Gasteiger partial charge in [-0.2, -0.15) is 0 Å². The second-order valence-corrected chi connectivity index (χ2v) is 8.77. The summed E-state index contributed by atoms with van der Waals surface area (Å²) in [5, 5.41) is 13.0. The third kappa shape index (κ3) is 4.24. The van der Waals surface area contributed by atoms with E-state index in [0.717, 1.165) is 12.1 Å². The Morgan fingerprint density at radius 3 is 2.54 bits per heavy atom. The molecule has 1 aliphatic carbocycles. The molecule has 0 unspecified atom stereocenters. The molecule has 9 nitrogen and oxygen atoms in total. The van der Waals surface area contributed by atoms with E-state index < -0.39 is 51.6 Å². The summed E-state index contributed by atoms with van der Waals surface area (Å²) in [5.74, 6) is -4.68. The highest BCUT2D eigenvalue weighted by molar-refractivity contribution is 6.00. The van der Waals surface area contributed by atoms with E-state index in [1.807, 2.05) is 0 Å². The Balaban J connectivity index is 0.00000342. The van der Waals surface area contributed by atoms with Crippen LogP contribution in [0.15, 0.2) is 29.2 Å². The predicted octanol–water partition coefficient (Wildman–Crippen LogP) is 1.46. The number of aromatic nitrogens is 1. The lowest BCUT2D eigenvalue weighted by Gasteiger charge is -2.37. The van der Waals surface area contributed by atoms with Gasteiger partial charge in [-0.25, -0.2) is 8.78 Å². The number of aromatic hydroxyl groups is 1. The lowest BCUT2D eigenvalue weighted by atomic mass is 10.0. The van der Waals surface area contributed by atoms with Crippen LogP contribution >= 0.6 is 12.4 Å². The van der Waals surface area contributed by atoms with Crippen LogP contribution in [-0.4, -0.2) is 64.4 Å². The molecule has 0 saturated heterocycles. The number of pyridine rings is 1. The lowest BCUT2D eigenvalue weighted by molar-refractivity contribution is -0.131. The number of amides is 3. The average Bonchev–Trinajstić information content (AvgIpc) is 3.51. The minimum atomic E-state index is -1.05. The van der Waals surface area contributed by atoms with E-state index in [9.17, 15) is 33.1 Å². The Kier molecular flexibility index (Phi) is 6.94. The van der Waals surface area contributed by atoms with E-state index in [2.05, 4.69) is 5.32 Å². The summed E-state index contributed by atoms with van der Waals surface area (Å²) in [4.78, 5) is 54.1. The summed E-state index contributed by atoms with van der Waals surface area (Å²) in [6.45, 7) is 1.91. The third-order valence-electron chi connectivity index (χ3n) is 6.48. The third-order valence-corrected chi connectivity index (χ3v) is 6.48. The molecule has 0 radical (unpaired) electrons. The van der Waals surface area contributed by atoms with E-state index in [0.29, 0.717) is 19.0 Å². The topological polar surface area (TPSA) is 112 Å². The summed E-state index contributed by atoms with van der Waals surface area (Å²) in [7, 11) is 3.22. The fraction of sp³-hybridized carbons (Fsp3) is 0.391. The fourth-order valence-corrected chi connectivity index (χ4v) is 4.50. The quantitative estimate of drug-likeness (QED) is 0.632. The second kappa shape index (κ2) is 9.29. The van der Waals surface area contributed by atoms with Crippen molar-refractivity contribution in [1.29, 1.82) is 0 Å². The van der Waals surface area contributed by atoms with Crippen molar-refractivity contribution in [3.05, 3.63) is 63.1 Å². The van der Waals surface area contributed by atoms with Gasteiger partial charge in [-0.3, -0.25) is 19.2 Å². The standard InChI is InChI=1S/C23H24F2N4O5.ClH/c1-4-28-11-23(8-15(23)21(33)27(2)3)29-10-14(18(30)19(31)17(29)22(28)34)20(32)26-9-12-5-6-13(24)7-16(12)25;/h5-7,10,15,31H,4,8-9,11H2,1-3H3,(H,26,32);1H/t15-,23-;/m1./s1. The molecule has 2 atom stereocenters. The minimum Gasteiger partial charge on any atom is -0.503 e. The van der Waals surface area contributed by atoms with Crippen LogP contribution in [0.2, 0.25) is 0 Å². The SMILES string of the molecule is CCN1C[C@@]2(C[C@@H]2C(=O)N(C)C)n2cc(C(=O)NCc3ccc(F)cc3F)c(=O)c(O)c2C1=O.Cl.